The highest BCUT2D eigenvalue weighted by Crippen LogP contribution is 1.52. The first-order valence-corrected chi connectivity index (χ1v) is 1.22. The van der Waals surface area contributed by atoms with E-state index in [4.69, 9.17) is 10.0 Å². The molecule has 0 spiro atoms. The van der Waals surface area contributed by atoms with Gasteiger partial charge in [-0.15, -0.1) is 4.91 Å². The van der Waals surface area contributed by atoms with Crippen molar-refractivity contribution >= 4 is 0 Å². The summed E-state index contributed by atoms with van der Waals surface area (Å²) in [7, 11) is 2.20. The molecule has 0 saturated heterocycles. The van der Waals surface area contributed by atoms with Crippen LogP contribution in [0.2, 0.25) is 0 Å². The van der Waals surface area contributed by atoms with Crippen LogP contribution in [-0.4, -0.2) is 19.3 Å². The second-order valence-electron chi connectivity index (χ2n) is 0.257. The van der Waals surface area contributed by atoms with Crippen molar-refractivity contribution in [2.45, 2.75) is 0 Å². The summed E-state index contributed by atoms with van der Waals surface area (Å²) in [6.07, 6.45) is 0. The number of aliphatic hydroxyl groups is 1. The van der Waals surface area contributed by atoms with E-state index in [-0.39, 0.29) is 0 Å². The van der Waals surface area contributed by atoms with Gasteiger partial charge in [-0.2, -0.15) is 0 Å². The lowest BCUT2D eigenvalue weighted by molar-refractivity contribution is 0.208. The van der Waals surface area contributed by atoms with E-state index in [1.807, 2.05) is 5.34 Å². The van der Waals surface area contributed by atoms with E-state index in [9.17, 15) is 0 Å². The van der Waals surface area contributed by atoms with E-state index < -0.39 is 0 Å². The Balaban J connectivity index is 0. The van der Waals surface area contributed by atoms with Gasteiger partial charge in [0, 0.05) is 7.11 Å². The Morgan fingerprint density at radius 2 is 1.83 bits per heavy atom. The number of hydrogen-bond acceptors (Lipinski definition) is 4. The molecule has 0 rings (SSSR count). The van der Waals surface area contributed by atoms with Gasteiger partial charge < -0.3 is 9.94 Å². The molecule has 0 fully saturated rings. The van der Waals surface area contributed by atoms with Gasteiger partial charge in [0.2, 0.25) is 0 Å². The molecule has 0 aromatic heterocycles. The average Bonchev–Trinajstić information content (AvgIpc) is 1.72. The first-order valence-electron chi connectivity index (χ1n) is 1.22. The Morgan fingerprint density at radius 3 is 1.83 bits per heavy atom. The fourth-order valence-corrected chi connectivity index (χ4v) is 0. The van der Waals surface area contributed by atoms with Crippen LogP contribution in [0.1, 0.15) is 0 Å². The van der Waals surface area contributed by atoms with E-state index in [2.05, 4.69) is 4.84 Å². The predicted molar refractivity (Wildman–Crippen MR) is 20.9 cm³/mol. The summed E-state index contributed by atoms with van der Waals surface area (Å²) < 4.78 is 0. The first kappa shape index (κ1) is 9.03. The molecular weight excluding hydrogens is 86.0 g/mol. The third kappa shape index (κ3) is 144. The maximum absolute atomic E-state index is 8.70. The molecule has 0 aliphatic rings. The van der Waals surface area contributed by atoms with Crippen LogP contribution < -0.4 is 0 Å². The van der Waals surface area contributed by atoms with E-state index in [0.29, 0.717) is 0 Å². The molecule has 4 heteroatoms. The summed E-state index contributed by atoms with van der Waals surface area (Å²) >= 11 is 0. The standard InChI is InChI=1S/CH3NO2.CH4O/c1-4-2-3;1-2/h1H3;2H,1H3. The van der Waals surface area contributed by atoms with Crippen LogP contribution in [0.25, 0.3) is 0 Å². The molecule has 4 nitrogen and oxygen atoms in total. The number of rotatable bonds is 1. The molecular formula is C2H7NO3. The molecule has 0 bridgehead atoms. The second kappa shape index (κ2) is 26.6. The van der Waals surface area contributed by atoms with Crippen molar-refractivity contribution in [1.82, 2.24) is 0 Å². The topological polar surface area (TPSA) is 58.9 Å². The largest absolute Gasteiger partial charge is 0.400 e. The van der Waals surface area contributed by atoms with Crippen LogP contribution in [0, 0.1) is 4.91 Å². The molecule has 1 N–H and O–H groups in total. The molecule has 38 valence electrons. The molecule has 0 radical (unpaired) electrons. The highest BCUT2D eigenvalue weighted by molar-refractivity contribution is 3.90. The molecule has 0 amide bonds. The van der Waals surface area contributed by atoms with Crippen LogP contribution in [0.15, 0.2) is 5.34 Å². The van der Waals surface area contributed by atoms with Crippen LogP contribution in [0.3, 0.4) is 0 Å². The smallest absolute Gasteiger partial charge is 0.154 e. The Labute approximate surface area is 35.7 Å². The van der Waals surface area contributed by atoms with Crippen molar-refractivity contribution in [3.8, 4) is 0 Å². The quantitative estimate of drug-likeness (QED) is 0.364. The zero-order chi connectivity index (χ0) is 5.41. The third-order valence-corrected chi connectivity index (χ3v) is 0.0745. The molecule has 0 unspecified atom stereocenters. The van der Waals surface area contributed by atoms with Gasteiger partial charge >= 0.3 is 0 Å². The van der Waals surface area contributed by atoms with Crippen molar-refractivity contribution in [3.63, 3.8) is 0 Å². The third-order valence-electron chi connectivity index (χ3n) is 0.0745. The molecule has 0 aliphatic carbocycles. The lowest BCUT2D eigenvalue weighted by Crippen LogP contribution is -1.53. The second-order valence-corrected chi connectivity index (χ2v) is 0.257. The van der Waals surface area contributed by atoms with Crippen molar-refractivity contribution in [2.75, 3.05) is 14.2 Å². The first-order chi connectivity index (χ1) is 2.91. The zero-order valence-corrected chi connectivity index (χ0v) is 3.71. The molecule has 0 aromatic carbocycles. The monoisotopic (exact) mass is 93.0 g/mol. The van der Waals surface area contributed by atoms with Gasteiger partial charge in [-0.1, -0.05) is 0 Å². The molecule has 0 atom stereocenters. The van der Waals surface area contributed by atoms with Gasteiger partial charge in [0.15, 0.2) is 5.34 Å². The predicted octanol–water partition coefficient (Wildman–Crippen LogP) is -0.0773. The normalized spacial score (nSPS) is 4.50. The van der Waals surface area contributed by atoms with E-state index in [1.165, 1.54) is 7.11 Å². The van der Waals surface area contributed by atoms with Crippen molar-refractivity contribution < 1.29 is 9.94 Å². The number of nitrogens with zero attached hydrogens (tertiary/aromatic N) is 1. The summed E-state index contributed by atoms with van der Waals surface area (Å²) in [4.78, 5) is 12.3. The van der Waals surface area contributed by atoms with E-state index in [0.717, 1.165) is 7.11 Å². The molecule has 0 aliphatic heterocycles. The van der Waals surface area contributed by atoms with Gasteiger partial charge in [0.1, 0.15) is 7.11 Å². The molecule has 0 heterocycles. The minimum absolute atomic E-state index is 1.00. The van der Waals surface area contributed by atoms with Gasteiger partial charge in [-0.05, 0) is 0 Å². The van der Waals surface area contributed by atoms with Crippen LogP contribution in [-0.2, 0) is 4.84 Å². The van der Waals surface area contributed by atoms with Crippen LogP contribution in [0.5, 0.6) is 0 Å². The minimum Gasteiger partial charge on any atom is -0.400 e. The summed E-state index contributed by atoms with van der Waals surface area (Å²) in [6.45, 7) is 0. The van der Waals surface area contributed by atoms with Gasteiger partial charge in [0.05, 0.1) is 0 Å². The number of hydrogen-bond donors (Lipinski definition) is 1. The van der Waals surface area contributed by atoms with E-state index >= 15 is 0 Å². The van der Waals surface area contributed by atoms with Crippen LogP contribution in [0.4, 0.5) is 0 Å². The lowest BCUT2D eigenvalue weighted by Gasteiger charge is -1.63. The Hall–Kier alpha value is -0.640. The summed E-state index contributed by atoms with van der Waals surface area (Å²) in [5.74, 6) is 0. The van der Waals surface area contributed by atoms with Crippen molar-refractivity contribution in [2.24, 2.45) is 5.34 Å². The Morgan fingerprint density at radius 1 is 1.67 bits per heavy atom. The maximum Gasteiger partial charge on any atom is 0.154 e. The number of aliphatic hydroxyl groups excluding tert-OH is 1. The van der Waals surface area contributed by atoms with Crippen LogP contribution >= 0.6 is 0 Å². The summed E-state index contributed by atoms with van der Waals surface area (Å²) in [6, 6.07) is 0. The zero-order valence-electron chi connectivity index (χ0n) is 3.71. The Kier molecular flexibility index (Phi) is 40.0. The maximum atomic E-state index is 8.70. The molecule has 0 aromatic rings. The highest BCUT2D eigenvalue weighted by Gasteiger charge is 1.44. The SMILES string of the molecule is CO.CON=O. The van der Waals surface area contributed by atoms with Crippen molar-refractivity contribution in [1.29, 1.82) is 0 Å². The fourth-order valence-electron chi connectivity index (χ4n) is 0. The minimum atomic E-state index is 1.00. The van der Waals surface area contributed by atoms with Gasteiger partial charge in [-0.3, -0.25) is 0 Å². The molecule has 6 heavy (non-hydrogen) atoms. The summed E-state index contributed by atoms with van der Waals surface area (Å²) in [5, 5.41) is 8.99. The average molecular weight is 93.1 g/mol. The molecule has 0 saturated carbocycles. The summed E-state index contributed by atoms with van der Waals surface area (Å²) in [5.41, 5.74) is 0. The van der Waals surface area contributed by atoms with Gasteiger partial charge in [0.25, 0.3) is 0 Å². The van der Waals surface area contributed by atoms with E-state index in [1.54, 1.807) is 0 Å². The van der Waals surface area contributed by atoms with Crippen molar-refractivity contribution in [3.05, 3.63) is 4.91 Å². The lowest BCUT2D eigenvalue weighted by atomic mass is 11.7. The highest BCUT2D eigenvalue weighted by atomic mass is 16.7. The Bertz CT molecular complexity index is 22.8. The van der Waals surface area contributed by atoms with Gasteiger partial charge in [-0.25, -0.2) is 0 Å². The fraction of sp³-hybridized carbons (Fsp3) is 1.00.